The molecule has 0 unspecified atom stereocenters. The van der Waals surface area contributed by atoms with Crippen molar-refractivity contribution in [1.29, 1.82) is 0 Å². The van der Waals surface area contributed by atoms with E-state index in [2.05, 4.69) is 70.8 Å². The van der Waals surface area contributed by atoms with Crippen LogP contribution in [0.1, 0.15) is 58.6 Å². The van der Waals surface area contributed by atoms with Crippen LogP contribution >= 0.6 is 0 Å². The molecule has 2 aromatic carbocycles. The molecule has 0 saturated carbocycles. The number of rotatable bonds is 4. The van der Waals surface area contributed by atoms with Gasteiger partial charge < -0.3 is 0 Å². The van der Waals surface area contributed by atoms with E-state index in [0.29, 0.717) is 0 Å². The van der Waals surface area contributed by atoms with Crippen molar-refractivity contribution < 1.29 is 0 Å². The molecular weight excluding hydrogens is 368 g/mol. The number of nitrogens with zero attached hydrogens (tertiary/aromatic N) is 4. The first-order valence-corrected chi connectivity index (χ1v) is 10.2. The Morgan fingerprint density at radius 2 is 0.933 bits per heavy atom. The molecule has 0 bridgehead atoms. The van der Waals surface area contributed by atoms with Crippen molar-refractivity contribution >= 4 is 22.8 Å². The second-order valence-electron chi connectivity index (χ2n) is 8.18. The van der Waals surface area contributed by atoms with Crippen molar-refractivity contribution in [1.82, 2.24) is 9.97 Å². The normalized spacial score (nSPS) is 12.4. The van der Waals surface area contributed by atoms with Gasteiger partial charge in [-0.1, -0.05) is 35.4 Å². The molecule has 0 fully saturated rings. The SMILES string of the molecule is C/C(=N\c1c(C)cc(C)cc1C)c1cncc(/C(C)=N/c2c(C)cc(C)cc2C)n1. The van der Waals surface area contributed by atoms with Crippen molar-refractivity contribution in [3.05, 3.63) is 81.4 Å². The quantitative estimate of drug-likeness (QED) is 0.464. The monoisotopic (exact) mass is 398 g/mol. The maximum Gasteiger partial charge on any atom is 0.103 e. The molecule has 0 atom stereocenters. The standard InChI is InChI=1S/C26H30N4/c1-15-9-17(3)25(18(4)10-15)28-21(7)23-13-27-14-24(30-23)22(8)29-26-19(5)11-16(2)12-20(26)6/h9-14H,1-8H3/b28-21+,29-22+. The Morgan fingerprint density at radius 1 is 0.600 bits per heavy atom. The van der Waals surface area contributed by atoms with Crippen molar-refractivity contribution in [3.63, 3.8) is 0 Å². The lowest BCUT2D eigenvalue weighted by Crippen LogP contribution is -2.07. The van der Waals surface area contributed by atoms with Gasteiger partial charge in [0.25, 0.3) is 0 Å². The highest BCUT2D eigenvalue weighted by Gasteiger charge is 2.09. The van der Waals surface area contributed by atoms with Crippen molar-refractivity contribution in [2.24, 2.45) is 9.98 Å². The Morgan fingerprint density at radius 3 is 1.27 bits per heavy atom. The van der Waals surface area contributed by atoms with Crippen LogP contribution in [0.25, 0.3) is 0 Å². The van der Waals surface area contributed by atoms with Crippen LogP contribution in [-0.4, -0.2) is 21.4 Å². The lowest BCUT2D eigenvalue weighted by atomic mass is 10.1. The Kier molecular flexibility index (Phi) is 6.25. The van der Waals surface area contributed by atoms with Crippen LogP contribution in [0.2, 0.25) is 0 Å². The van der Waals surface area contributed by atoms with E-state index >= 15 is 0 Å². The number of aromatic nitrogens is 2. The highest BCUT2D eigenvalue weighted by atomic mass is 14.9. The molecule has 1 heterocycles. The molecule has 1 aromatic heterocycles. The van der Waals surface area contributed by atoms with Gasteiger partial charge >= 0.3 is 0 Å². The summed E-state index contributed by atoms with van der Waals surface area (Å²) in [6.45, 7) is 16.5. The number of aliphatic imine (C=N–C) groups is 2. The summed E-state index contributed by atoms with van der Waals surface area (Å²) >= 11 is 0. The number of hydrogen-bond acceptors (Lipinski definition) is 4. The van der Waals surface area contributed by atoms with Gasteiger partial charge in [0.2, 0.25) is 0 Å². The Hall–Kier alpha value is -3.14. The molecular formula is C26H30N4. The first-order valence-electron chi connectivity index (χ1n) is 10.2. The van der Waals surface area contributed by atoms with Gasteiger partial charge in [0, 0.05) is 0 Å². The van der Waals surface area contributed by atoms with Gasteiger partial charge in [-0.3, -0.25) is 15.0 Å². The molecule has 0 saturated heterocycles. The van der Waals surface area contributed by atoms with E-state index in [0.717, 1.165) is 34.2 Å². The highest BCUT2D eigenvalue weighted by molar-refractivity contribution is 6.02. The molecule has 0 N–H and O–H groups in total. The molecule has 4 nitrogen and oxygen atoms in total. The summed E-state index contributed by atoms with van der Waals surface area (Å²) in [4.78, 5) is 18.9. The molecule has 3 rings (SSSR count). The third kappa shape index (κ3) is 4.70. The minimum atomic E-state index is 0.763. The largest absolute Gasteiger partial charge is 0.260 e. The fraction of sp³-hybridized carbons (Fsp3) is 0.308. The molecule has 0 amide bonds. The van der Waals surface area contributed by atoms with Crippen LogP contribution in [0.15, 0.2) is 46.6 Å². The lowest BCUT2D eigenvalue weighted by molar-refractivity contribution is 1.14. The summed E-state index contributed by atoms with van der Waals surface area (Å²) < 4.78 is 0. The van der Waals surface area contributed by atoms with E-state index in [-0.39, 0.29) is 0 Å². The van der Waals surface area contributed by atoms with Crippen molar-refractivity contribution in [3.8, 4) is 0 Å². The summed E-state index contributed by atoms with van der Waals surface area (Å²) in [5.41, 5.74) is 12.4. The number of hydrogen-bond donors (Lipinski definition) is 0. The zero-order valence-electron chi connectivity index (χ0n) is 19.3. The Balaban J connectivity index is 1.99. The van der Waals surface area contributed by atoms with Gasteiger partial charge in [-0.05, 0) is 77.6 Å². The van der Waals surface area contributed by atoms with Gasteiger partial charge in [0.1, 0.15) is 11.4 Å². The third-order valence-corrected chi connectivity index (χ3v) is 5.21. The molecule has 3 aromatic rings. The Labute approximate surface area is 179 Å². The molecule has 0 aliphatic rings. The molecule has 0 spiro atoms. The van der Waals surface area contributed by atoms with E-state index in [4.69, 9.17) is 15.0 Å². The van der Waals surface area contributed by atoms with Crippen LogP contribution in [0.5, 0.6) is 0 Å². The number of benzene rings is 2. The van der Waals surface area contributed by atoms with Gasteiger partial charge in [-0.25, -0.2) is 4.98 Å². The predicted octanol–water partition coefficient (Wildman–Crippen LogP) is 6.61. The molecule has 4 heteroatoms. The maximum absolute atomic E-state index is 4.87. The second-order valence-corrected chi connectivity index (χ2v) is 8.18. The van der Waals surface area contributed by atoms with Crippen LogP contribution in [0.3, 0.4) is 0 Å². The van der Waals surface area contributed by atoms with Crippen LogP contribution in [0.4, 0.5) is 11.4 Å². The molecule has 0 aliphatic heterocycles. The minimum Gasteiger partial charge on any atom is -0.260 e. The first-order chi connectivity index (χ1) is 14.2. The summed E-state index contributed by atoms with van der Waals surface area (Å²) in [5.74, 6) is 0. The highest BCUT2D eigenvalue weighted by Crippen LogP contribution is 2.27. The molecule has 0 radical (unpaired) electrons. The summed E-state index contributed by atoms with van der Waals surface area (Å²) in [6, 6.07) is 8.63. The maximum atomic E-state index is 4.87. The van der Waals surface area contributed by atoms with Crippen LogP contribution in [0, 0.1) is 41.5 Å². The summed E-state index contributed by atoms with van der Waals surface area (Å²) in [5, 5.41) is 0. The zero-order valence-corrected chi connectivity index (χ0v) is 19.3. The van der Waals surface area contributed by atoms with E-state index in [1.54, 1.807) is 12.4 Å². The topological polar surface area (TPSA) is 50.5 Å². The number of aryl methyl sites for hydroxylation is 6. The predicted molar refractivity (Wildman–Crippen MR) is 127 cm³/mol. The lowest BCUT2D eigenvalue weighted by Gasteiger charge is -2.10. The van der Waals surface area contributed by atoms with Crippen molar-refractivity contribution in [2.45, 2.75) is 55.4 Å². The second kappa shape index (κ2) is 8.70. The fourth-order valence-corrected chi connectivity index (χ4v) is 3.86. The third-order valence-electron chi connectivity index (χ3n) is 5.21. The fourth-order valence-electron chi connectivity index (χ4n) is 3.86. The average Bonchev–Trinajstić information content (AvgIpc) is 2.67. The van der Waals surface area contributed by atoms with Gasteiger partial charge in [0.05, 0.1) is 35.2 Å². The summed E-state index contributed by atoms with van der Waals surface area (Å²) in [6.07, 6.45) is 3.52. The van der Waals surface area contributed by atoms with E-state index in [1.165, 1.54) is 33.4 Å². The smallest absolute Gasteiger partial charge is 0.103 e. The van der Waals surface area contributed by atoms with Gasteiger partial charge in [0.15, 0.2) is 0 Å². The van der Waals surface area contributed by atoms with E-state index < -0.39 is 0 Å². The summed E-state index contributed by atoms with van der Waals surface area (Å²) in [7, 11) is 0. The zero-order chi connectivity index (χ0) is 22.0. The molecule has 30 heavy (non-hydrogen) atoms. The minimum absolute atomic E-state index is 0.763. The van der Waals surface area contributed by atoms with Crippen LogP contribution < -0.4 is 0 Å². The molecule has 154 valence electrons. The average molecular weight is 399 g/mol. The van der Waals surface area contributed by atoms with E-state index in [1.807, 2.05) is 13.8 Å². The van der Waals surface area contributed by atoms with Gasteiger partial charge in [-0.15, -0.1) is 0 Å². The van der Waals surface area contributed by atoms with E-state index in [9.17, 15) is 0 Å². The van der Waals surface area contributed by atoms with Crippen LogP contribution in [-0.2, 0) is 0 Å². The first kappa shape index (κ1) is 21.6. The van der Waals surface area contributed by atoms with Gasteiger partial charge in [-0.2, -0.15) is 0 Å². The Bertz CT molecular complexity index is 1030. The molecule has 0 aliphatic carbocycles. The van der Waals surface area contributed by atoms with Crippen molar-refractivity contribution in [2.75, 3.05) is 0 Å².